The van der Waals surface area contributed by atoms with Crippen LogP contribution in [0.1, 0.15) is 25.3 Å². The van der Waals surface area contributed by atoms with Crippen LogP contribution in [0, 0.1) is 0 Å². The molecular weight excluding hydrogens is 393 g/mol. The molecule has 0 saturated heterocycles. The van der Waals surface area contributed by atoms with Crippen molar-refractivity contribution >= 4 is 35.9 Å². The van der Waals surface area contributed by atoms with Crippen molar-refractivity contribution in [1.29, 1.82) is 0 Å². The lowest BCUT2D eigenvalue weighted by atomic mass is 10.2. The van der Waals surface area contributed by atoms with Crippen molar-refractivity contribution in [2.45, 2.75) is 26.3 Å². The van der Waals surface area contributed by atoms with Gasteiger partial charge in [-0.3, -0.25) is 9.79 Å². The van der Waals surface area contributed by atoms with Gasteiger partial charge < -0.3 is 15.0 Å². The van der Waals surface area contributed by atoms with E-state index >= 15 is 0 Å². The van der Waals surface area contributed by atoms with Crippen LogP contribution >= 0.6 is 24.0 Å². The predicted octanol–water partition coefficient (Wildman–Crippen LogP) is 2.66. The largest absolute Gasteiger partial charge is 0.466 e. The Hall–Kier alpha value is -1.31. The highest BCUT2D eigenvalue weighted by molar-refractivity contribution is 14.0. The molecule has 0 saturated carbocycles. The Morgan fingerprint density at radius 2 is 2.00 bits per heavy atom. The number of guanidine groups is 1. The second-order valence-corrected chi connectivity index (χ2v) is 4.72. The number of carbonyl (C=O) groups excluding carboxylic acids is 1. The molecule has 0 bridgehead atoms. The predicted molar refractivity (Wildman–Crippen MR) is 101 cm³/mol. The van der Waals surface area contributed by atoms with Crippen LogP contribution in [0.4, 0.5) is 0 Å². The first kappa shape index (κ1) is 20.7. The number of ether oxygens (including phenoxy) is 1. The van der Waals surface area contributed by atoms with E-state index in [1.54, 1.807) is 7.05 Å². The van der Waals surface area contributed by atoms with Gasteiger partial charge in [0.15, 0.2) is 5.96 Å². The van der Waals surface area contributed by atoms with E-state index in [9.17, 15) is 4.79 Å². The molecule has 6 heteroatoms. The number of rotatable bonds is 7. The monoisotopic (exact) mass is 419 g/mol. The van der Waals surface area contributed by atoms with Gasteiger partial charge in [0.2, 0.25) is 0 Å². The molecular formula is C16H26IN3O2. The Labute approximate surface area is 150 Å². The van der Waals surface area contributed by atoms with Crippen LogP contribution < -0.4 is 5.32 Å². The van der Waals surface area contributed by atoms with Crippen molar-refractivity contribution in [1.82, 2.24) is 10.2 Å². The molecule has 0 atom stereocenters. The van der Waals surface area contributed by atoms with Gasteiger partial charge in [0.25, 0.3) is 0 Å². The van der Waals surface area contributed by atoms with Gasteiger partial charge in [0, 0.05) is 33.6 Å². The average molecular weight is 419 g/mol. The molecule has 1 aromatic carbocycles. The first-order chi connectivity index (χ1) is 10.2. The third-order valence-corrected chi connectivity index (χ3v) is 2.98. The molecule has 0 spiro atoms. The summed E-state index contributed by atoms with van der Waals surface area (Å²) < 4.78 is 4.89. The van der Waals surface area contributed by atoms with Gasteiger partial charge in [-0.1, -0.05) is 30.3 Å². The van der Waals surface area contributed by atoms with Gasteiger partial charge >= 0.3 is 5.97 Å². The maximum Gasteiger partial charge on any atom is 0.305 e. The molecule has 0 aliphatic heterocycles. The quantitative estimate of drug-likeness (QED) is 0.243. The Bertz CT molecular complexity index is 452. The standard InChI is InChI=1S/C16H25N3O2.HI/c1-4-21-15(20)11-8-12-18-16(17-2)19(3)13-14-9-6-5-7-10-14;/h5-7,9-10H,4,8,11-13H2,1-3H3,(H,17,18);1H. The highest BCUT2D eigenvalue weighted by Gasteiger charge is 2.07. The molecule has 0 aromatic heterocycles. The fraction of sp³-hybridized carbons (Fsp3) is 0.500. The molecule has 5 nitrogen and oxygen atoms in total. The van der Waals surface area contributed by atoms with Gasteiger partial charge in [-0.25, -0.2) is 0 Å². The maximum atomic E-state index is 11.2. The van der Waals surface area contributed by atoms with Gasteiger partial charge in [-0.15, -0.1) is 24.0 Å². The van der Waals surface area contributed by atoms with E-state index in [4.69, 9.17) is 4.74 Å². The van der Waals surface area contributed by atoms with Crippen LogP contribution in [0.25, 0.3) is 0 Å². The zero-order valence-electron chi connectivity index (χ0n) is 13.5. The fourth-order valence-electron chi connectivity index (χ4n) is 1.98. The van der Waals surface area contributed by atoms with Crippen molar-refractivity contribution in [3.63, 3.8) is 0 Å². The molecule has 22 heavy (non-hydrogen) atoms. The number of hydrogen-bond donors (Lipinski definition) is 1. The SMILES string of the molecule is CCOC(=O)CCCNC(=NC)N(C)Cc1ccccc1.I. The lowest BCUT2D eigenvalue weighted by Gasteiger charge is -2.22. The summed E-state index contributed by atoms with van der Waals surface area (Å²) in [4.78, 5) is 17.5. The number of nitrogens with one attached hydrogen (secondary N) is 1. The van der Waals surface area contributed by atoms with Crippen LogP contribution in [0.3, 0.4) is 0 Å². The van der Waals surface area contributed by atoms with E-state index < -0.39 is 0 Å². The number of carbonyl (C=O) groups is 1. The summed E-state index contributed by atoms with van der Waals surface area (Å²) in [6.45, 7) is 3.74. The van der Waals surface area contributed by atoms with Crippen molar-refractivity contribution < 1.29 is 9.53 Å². The van der Waals surface area contributed by atoms with E-state index in [2.05, 4.69) is 27.3 Å². The summed E-state index contributed by atoms with van der Waals surface area (Å²) in [5.74, 6) is 0.676. The zero-order chi connectivity index (χ0) is 15.5. The average Bonchev–Trinajstić information content (AvgIpc) is 2.48. The van der Waals surface area contributed by atoms with Crippen LogP contribution in [-0.2, 0) is 16.1 Å². The third kappa shape index (κ3) is 8.21. The Balaban J connectivity index is 0.00000441. The minimum Gasteiger partial charge on any atom is -0.466 e. The molecule has 1 N–H and O–H groups in total. The van der Waals surface area contributed by atoms with Gasteiger partial charge in [-0.05, 0) is 18.9 Å². The second kappa shape index (κ2) is 12.3. The minimum absolute atomic E-state index is 0. The molecule has 0 aliphatic rings. The molecule has 1 rings (SSSR count). The summed E-state index contributed by atoms with van der Waals surface area (Å²) in [6.07, 6.45) is 1.16. The highest BCUT2D eigenvalue weighted by atomic mass is 127. The fourth-order valence-corrected chi connectivity index (χ4v) is 1.98. The summed E-state index contributed by atoms with van der Waals surface area (Å²) in [5, 5.41) is 3.26. The molecule has 0 aliphatic carbocycles. The Morgan fingerprint density at radius 3 is 2.59 bits per heavy atom. The second-order valence-electron chi connectivity index (χ2n) is 4.72. The summed E-state index contributed by atoms with van der Waals surface area (Å²) in [6, 6.07) is 10.2. The molecule has 0 amide bonds. The van der Waals surface area contributed by atoms with Crippen molar-refractivity contribution in [2.75, 3.05) is 27.2 Å². The number of halogens is 1. The highest BCUT2D eigenvalue weighted by Crippen LogP contribution is 2.02. The lowest BCUT2D eigenvalue weighted by molar-refractivity contribution is -0.143. The van der Waals surface area contributed by atoms with E-state index in [0.717, 1.165) is 18.9 Å². The normalized spacial score (nSPS) is 10.6. The van der Waals surface area contributed by atoms with Crippen LogP contribution in [0.15, 0.2) is 35.3 Å². The summed E-state index contributed by atoms with van der Waals surface area (Å²) >= 11 is 0. The number of benzene rings is 1. The van der Waals surface area contributed by atoms with E-state index in [1.165, 1.54) is 5.56 Å². The number of hydrogen-bond acceptors (Lipinski definition) is 3. The van der Waals surface area contributed by atoms with Crippen LogP contribution in [0.2, 0.25) is 0 Å². The topological polar surface area (TPSA) is 53.9 Å². The minimum atomic E-state index is -0.146. The first-order valence-electron chi connectivity index (χ1n) is 7.28. The summed E-state index contributed by atoms with van der Waals surface area (Å²) in [7, 11) is 3.75. The molecule has 0 unspecified atom stereocenters. The van der Waals surface area contributed by atoms with Gasteiger partial charge in [0.1, 0.15) is 0 Å². The first-order valence-corrected chi connectivity index (χ1v) is 7.28. The van der Waals surface area contributed by atoms with Crippen molar-refractivity contribution in [3.05, 3.63) is 35.9 Å². The van der Waals surface area contributed by atoms with E-state index in [1.807, 2.05) is 32.2 Å². The maximum absolute atomic E-state index is 11.2. The van der Waals surface area contributed by atoms with Gasteiger partial charge in [-0.2, -0.15) is 0 Å². The Morgan fingerprint density at radius 1 is 1.32 bits per heavy atom. The van der Waals surface area contributed by atoms with Gasteiger partial charge in [0.05, 0.1) is 6.61 Å². The smallest absolute Gasteiger partial charge is 0.305 e. The number of esters is 1. The zero-order valence-corrected chi connectivity index (χ0v) is 15.9. The molecule has 0 radical (unpaired) electrons. The lowest BCUT2D eigenvalue weighted by Crippen LogP contribution is -2.39. The summed E-state index contributed by atoms with van der Waals surface area (Å²) in [5.41, 5.74) is 1.23. The van der Waals surface area contributed by atoms with Crippen LogP contribution in [-0.4, -0.2) is 44.1 Å². The van der Waals surface area contributed by atoms with E-state index in [0.29, 0.717) is 19.6 Å². The Kier molecular flexibility index (Phi) is 11.5. The van der Waals surface area contributed by atoms with Crippen molar-refractivity contribution in [3.8, 4) is 0 Å². The third-order valence-electron chi connectivity index (χ3n) is 2.98. The number of nitrogens with zero attached hydrogens (tertiary/aromatic N) is 2. The number of aliphatic imine (C=N–C) groups is 1. The van der Waals surface area contributed by atoms with Crippen molar-refractivity contribution in [2.24, 2.45) is 4.99 Å². The molecule has 0 fully saturated rings. The van der Waals surface area contributed by atoms with E-state index in [-0.39, 0.29) is 29.9 Å². The molecule has 1 aromatic rings. The molecule has 124 valence electrons. The van der Waals surface area contributed by atoms with Crippen LogP contribution in [0.5, 0.6) is 0 Å². The molecule has 0 heterocycles.